The van der Waals surface area contributed by atoms with E-state index in [1.807, 2.05) is 39.0 Å². The summed E-state index contributed by atoms with van der Waals surface area (Å²) in [6.45, 7) is 11.0. The minimum absolute atomic E-state index is 0.231. The maximum absolute atomic E-state index is 13.1. The van der Waals surface area contributed by atoms with E-state index in [4.69, 9.17) is 4.74 Å². The van der Waals surface area contributed by atoms with Crippen molar-refractivity contribution < 1.29 is 14.3 Å². The lowest BCUT2D eigenvalue weighted by Gasteiger charge is -2.17. The van der Waals surface area contributed by atoms with Crippen LogP contribution in [0.15, 0.2) is 29.3 Å². The summed E-state index contributed by atoms with van der Waals surface area (Å²) in [4.78, 5) is 43.7. The molecule has 31 heavy (non-hydrogen) atoms. The van der Waals surface area contributed by atoms with Crippen LogP contribution < -0.4 is 10.9 Å². The summed E-state index contributed by atoms with van der Waals surface area (Å²) in [7, 11) is 0. The Bertz CT molecular complexity index is 1210. The molecule has 0 unspecified atom stereocenters. The molecular weight excluding hydrogens is 414 g/mol. The average molecular weight is 442 g/mol. The quantitative estimate of drug-likeness (QED) is 0.567. The van der Waals surface area contributed by atoms with E-state index in [2.05, 4.69) is 10.3 Å². The van der Waals surface area contributed by atoms with Crippen molar-refractivity contribution in [2.75, 3.05) is 5.32 Å². The fourth-order valence-electron chi connectivity index (χ4n) is 3.26. The van der Waals surface area contributed by atoms with E-state index in [0.29, 0.717) is 27.1 Å². The van der Waals surface area contributed by atoms with Crippen molar-refractivity contribution in [3.05, 3.63) is 56.4 Å². The molecule has 0 spiro atoms. The number of rotatable bonds is 6. The number of esters is 1. The number of hydrogen-bond donors (Lipinski definition) is 1. The molecule has 0 aliphatic rings. The standard InChI is InChI=1S/C23H27N3O4S/c1-7-14(4)30-23(29)16(6)26-11-24-21-18(22(26)28)15(5)19(31-21)20(27)25-17-9-8-12(2)10-13(17)3/h8-11,14,16H,7H2,1-6H3,(H,25,27)/t14-,16-/m1/s1. The molecule has 0 saturated heterocycles. The molecule has 2 heterocycles. The molecule has 3 rings (SSSR count). The van der Waals surface area contributed by atoms with Gasteiger partial charge in [-0.15, -0.1) is 11.3 Å². The van der Waals surface area contributed by atoms with Gasteiger partial charge in [-0.2, -0.15) is 0 Å². The summed E-state index contributed by atoms with van der Waals surface area (Å²) < 4.78 is 6.62. The average Bonchev–Trinajstić information content (AvgIpc) is 3.07. The van der Waals surface area contributed by atoms with Gasteiger partial charge in [-0.1, -0.05) is 24.6 Å². The fraction of sp³-hybridized carbons (Fsp3) is 0.391. The number of ether oxygens (including phenoxy) is 1. The molecule has 0 radical (unpaired) electrons. The molecule has 0 bridgehead atoms. The van der Waals surface area contributed by atoms with E-state index >= 15 is 0 Å². The van der Waals surface area contributed by atoms with Gasteiger partial charge in [-0.25, -0.2) is 9.78 Å². The lowest BCUT2D eigenvalue weighted by atomic mass is 10.1. The Morgan fingerprint density at radius 3 is 2.58 bits per heavy atom. The van der Waals surface area contributed by atoms with Crippen LogP contribution in [0.1, 0.15) is 59.6 Å². The van der Waals surface area contributed by atoms with Gasteiger partial charge in [0.15, 0.2) is 0 Å². The highest BCUT2D eigenvalue weighted by atomic mass is 32.1. The molecule has 3 aromatic rings. The summed E-state index contributed by atoms with van der Waals surface area (Å²) in [6.07, 6.45) is 1.80. The number of anilines is 1. The number of hydrogen-bond acceptors (Lipinski definition) is 6. The van der Waals surface area contributed by atoms with Crippen LogP contribution in [0.4, 0.5) is 5.69 Å². The smallest absolute Gasteiger partial charge is 0.329 e. The van der Waals surface area contributed by atoms with Crippen LogP contribution in [0, 0.1) is 20.8 Å². The first-order chi connectivity index (χ1) is 14.6. The zero-order valence-electron chi connectivity index (χ0n) is 18.6. The third kappa shape index (κ3) is 4.54. The SMILES string of the molecule is CC[C@@H](C)OC(=O)[C@@H](C)n1cnc2sc(C(=O)Nc3ccc(C)cc3C)c(C)c2c1=O. The molecule has 0 aliphatic heterocycles. The number of aromatic nitrogens is 2. The predicted molar refractivity (Wildman–Crippen MR) is 123 cm³/mol. The molecule has 164 valence electrons. The van der Waals surface area contributed by atoms with Crippen molar-refractivity contribution in [3.8, 4) is 0 Å². The fourth-order valence-corrected chi connectivity index (χ4v) is 4.29. The van der Waals surface area contributed by atoms with Crippen molar-refractivity contribution >= 4 is 39.1 Å². The van der Waals surface area contributed by atoms with Gasteiger partial charge in [0.2, 0.25) is 0 Å². The molecule has 1 N–H and O–H groups in total. The Kier molecular flexibility index (Phi) is 6.59. The van der Waals surface area contributed by atoms with E-state index < -0.39 is 12.0 Å². The van der Waals surface area contributed by atoms with Crippen LogP contribution in [-0.4, -0.2) is 27.5 Å². The van der Waals surface area contributed by atoms with Crippen molar-refractivity contribution in [3.63, 3.8) is 0 Å². The highest BCUT2D eigenvalue weighted by Crippen LogP contribution is 2.28. The van der Waals surface area contributed by atoms with Gasteiger partial charge >= 0.3 is 5.97 Å². The minimum atomic E-state index is -0.815. The summed E-state index contributed by atoms with van der Waals surface area (Å²) in [5.41, 5.74) is 2.98. The predicted octanol–water partition coefficient (Wildman–Crippen LogP) is 4.54. The highest BCUT2D eigenvalue weighted by Gasteiger charge is 2.24. The van der Waals surface area contributed by atoms with Crippen molar-refractivity contribution in [2.24, 2.45) is 0 Å². The Morgan fingerprint density at radius 2 is 1.94 bits per heavy atom. The molecule has 1 amide bonds. The second-order valence-corrected chi connectivity index (χ2v) is 8.80. The van der Waals surface area contributed by atoms with Crippen LogP contribution in [-0.2, 0) is 9.53 Å². The third-order valence-corrected chi connectivity index (χ3v) is 6.56. The van der Waals surface area contributed by atoms with Crippen molar-refractivity contribution in [2.45, 2.75) is 60.1 Å². The molecule has 7 nitrogen and oxygen atoms in total. The van der Waals surface area contributed by atoms with Gasteiger partial charge in [0.25, 0.3) is 11.5 Å². The first-order valence-electron chi connectivity index (χ1n) is 10.2. The topological polar surface area (TPSA) is 90.3 Å². The lowest BCUT2D eigenvalue weighted by molar-refractivity contribution is -0.152. The zero-order chi connectivity index (χ0) is 22.9. The van der Waals surface area contributed by atoms with E-state index in [-0.39, 0.29) is 17.6 Å². The molecule has 0 aliphatic carbocycles. The monoisotopic (exact) mass is 441 g/mol. The number of amides is 1. The molecule has 2 aromatic heterocycles. The molecule has 0 fully saturated rings. The maximum Gasteiger partial charge on any atom is 0.329 e. The molecule has 8 heteroatoms. The van der Waals surface area contributed by atoms with Gasteiger partial charge in [0, 0.05) is 5.69 Å². The number of nitrogens with one attached hydrogen (secondary N) is 1. The lowest BCUT2D eigenvalue weighted by Crippen LogP contribution is -2.31. The summed E-state index contributed by atoms with van der Waals surface area (Å²) in [6, 6.07) is 4.97. The Balaban J connectivity index is 1.95. The Hall–Kier alpha value is -3.00. The van der Waals surface area contributed by atoms with Crippen LogP contribution in [0.5, 0.6) is 0 Å². The molecule has 0 saturated carbocycles. The summed E-state index contributed by atoms with van der Waals surface area (Å²) in [5.74, 6) is -0.777. The third-order valence-electron chi connectivity index (χ3n) is 5.36. The minimum Gasteiger partial charge on any atom is -0.461 e. The number of fused-ring (bicyclic) bond motifs is 1. The number of aryl methyl sites for hydroxylation is 3. The van der Waals surface area contributed by atoms with Crippen LogP contribution in [0.2, 0.25) is 0 Å². The second-order valence-electron chi connectivity index (χ2n) is 7.80. The normalized spacial score (nSPS) is 13.1. The van der Waals surface area contributed by atoms with Crippen molar-refractivity contribution in [1.82, 2.24) is 9.55 Å². The molecule has 1 aromatic carbocycles. The van der Waals surface area contributed by atoms with Crippen LogP contribution in [0.25, 0.3) is 10.2 Å². The first-order valence-corrected chi connectivity index (χ1v) is 11.0. The Labute approximate surface area is 185 Å². The number of thiophene rings is 1. The molecular formula is C23H27N3O4S. The van der Waals surface area contributed by atoms with Gasteiger partial charge in [-0.3, -0.25) is 14.2 Å². The Morgan fingerprint density at radius 1 is 1.23 bits per heavy atom. The van der Waals surface area contributed by atoms with Gasteiger partial charge in [-0.05, 0) is 58.2 Å². The van der Waals surface area contributed by atoms with Crippen molar-refractivity contribution in [1.29, 1.82) is 0 Å². The largest absolute Gasteiger partial charge is 0.461 e. The maximum atomic E-state index is 13.1. The number of nitrogens with zero attached hydrogens (tertiary/aromatic N) is 2. The number of benzene rings is 1. The van der Waals surface area contributed by atoms with Gasteiger partial charge in [0.1, 0.15) is 10.9 Å². The first kappa shape index (κ1) is 22.7. The van der Waals surface area contributed by atoms with E-state index in [9.17, 15) is 14.4 Å². The van der Waals surface area contributed by atoms with Crippen LogP contribution >= 0.6 is 11.3 Å². The molecule has 2 atom stereocenters. The summed E-state index contributed by atoms with van der Waals surface area (Å²) >= 11 is 1.16. The van der Waals surface area contributed by atoms with E-state index in [1.54, 1.807) is 20.8 Å². The second kappa shape index (κ2) is 9.01. The van der Waals surface area contributed by atoms with E-state index in [1.165, 1.54) is 10.9 Å². The number of carbonyl (C=O) groups is 2. The zero-order valence-corrected chi connectivity index (χ0v) is 19.4. The van der Waals surface area contributed by atoms with Crippen LogP contribution in [0.3, 0.4) is 0 Å². The van der Waals surface area contributed by atoms with Gasteiger partial charge < -0.3 is 10.1 Å². The van der Waals surface area contributed by atoms with E-state index in [0.717, 1.165) is 28.2 Å². The van der Waals surface area contributed by atoms with Gasteiger partial charge in [0.05, 0.1) is 22.7 Å². The number of carbonyl (C=O) groups excluding carboxylic acids is 2. The highest BCUT2D eigenvalue weighted by molar-refractivity contribution is 7.20. The summed E-state index contributed by atoms with van der Waals surface area (Å²) in [5, 5.41) is 3.27.